The number of hydrogen-bond donors (Lipinski definition) is 3. The van der Waals surface area contributed by atoms with E-state index >= 15 is 0 Å². The van der Waals surface area contributed by atoms with E-state index in [9.17, 15) is 9.59 Å². The number of fused-ring (bicyclic) bond motifs is 2. The van der Waals surface area contributed by atoms with Crippen molar-refractivity contribution in [3.05, 3.63) is 12.4 Å². The highest BCUT2D eigenvalue weighted by Crippen LogP contribution is 2.33. The van der Waals surface area contributed by atoms with E-state index in [1.54, 1.807) is 19.4 Å². The van der Waals surface area contributed by atoms with Gasteiger partial charge in [0.1, 0.15) is 6.54 Å². The van der Waals surface area contributed by atoms with Crippen LogP contribution in [0.2, 0.25) is 0 Å². The van der Waals surface area contributed by atoms with Gasteiger partial charge in [0.2, 0.25) is 11.8 Å². The third kappa shape index (κ3) is 2.53. The van der Waals surface area contributed by atoms with E-state index in [0.29, 0.717) is 17.8 Å². The summed E-state index contributed by atoms with van der Waals surface area (Å²) >= 11 is 0. The number of nitrogens with zero attached hydrogens (tertiary/aromatic N) is 2. The van der Waals surface area contributed by atoms with E-state index in [0.717, 1.165) is 12.8 Å². The summed E-state index contributed by atoms with van der Waals surface area (Å²) in [6.45, 7) is 0.155. The number of likely N-dealkylation sites (N-methyl/N-ethyl adjacent to an activating group) is 1. The fraction of sp³-hybridized carbons (Fsp3) is 0.615. The van der Waals surface area contributed by atoms with Crippen LogP contribution in [0.4, 0.5) is 5.69 Å². The van der Waals surface area contributed by atoms with Crippen molar-refractivity contribution in [3.8, 4) is 0 Å². The van der Waals surface area contributed by atoms with Crippen LogP contribution in [0.3, 0.4) is 0 Å². The number of aromatic nitrogens is 2. The number of hydrogen-bond acceptors (Lipinski definition) is 4. The number of rotatable bonds is 4. The maximum Gasteiger partial charge on any atom is 0.241 e. The Morgan fingerprint density at radius 2 is 2.35 bits per heavy atom. The van der Waals surface area contributed by atoms with E-state index in [2.05, 4.69) is 21.0 Å². The average molecular weight is 277 g/mol. The molecule has 0 aliphatic carbocycles. The van der Waals surface area contributed by atoms with Gasteiger partial charge in [-0.05, 0) is 19.3 Å². The van der Waals surface area contributed by atoms with Crippen LogP contribution in [-0.2, 0) is 16.1 Å². The van der Waals surface area contributed by atoms with Gasteiger partial charge in [-0.15, -0.1) is 0 Å². The first-order valence-electron chi connectivity index (χ1n) is 6.95. The van der Waals surface area contributed by atoms with E-state index in [1.807, 2.05) is 0 Å². The SMILES string of the molecule is CNC(=O)Cn1cc(NC(=O)C2CC3CCC2N3)cn1. The van der Waals surface area contributed by atoms with Gasteiger partial charge < -0.3 is 16.0 Å². The smallest absolute Gasteiger partial charge is 0.241 e. The van der Waals surface area contributed by atoms with Gasteiger partial charge in [-0.25, -0.2) is 0 Å². The van der Waals surface area contributed by atoms with E-state index in [1.165, 1.54) is 11.1 Å². The molecule has 20 heavy (non-hydrogen) atoms. The van der Waals surface area contributed by atoms with E-state index in [4.69, 9.17) is 0 Å². The van der Waals surface area contributed by atoms with Crippen LogP contribution >= 0.6 is 0 Å². The minimum atomic E-state index is -0.122. The Morgan fingerprint density at radius 3 is 3.00 bits per heavy atom. The predicted octanol–water partition coefficient (Wildman–Crippen LogP) is -0.292. The van der Waals surface area contributed by atoms with Gasteiger partial charge in [-0.2, -0.15) is 5.10 Å². The van der Waals surface area contributed by atoms with Crippen LogP contribution in [0.5, 0.6) is 0 Å². The molecule has 2 saturated heterocycles. The Hall–Kier alpha value is -1.89. The summed E-state index contributed by atoms with van der Waals surface area (Å²) in [6, 6.07) is 0.827. The molecule has 0 radical (unpaired) electrons. The number of nitrogens with one attached hydrogen (secondary N) is 3. The summed E-state index contributed by atoms with van der Waals surface area (Å²) in [7, 11) is 1.58. The molecule has 3 heterocycles. The molecule has 0 saturated carbocycles. The molecule has 2 amide bonds. The van der Waals surface area contributed by atoms with Crippen molar-refractivity contribution in [1.82, 2.24) is 20.4 Å². The minimum Gasteiger partial charge on any atom is -0.358 e. The second-order valence-electron chi connectivity index (χ2n) is 5.48. The molecule has 7 nitrogen and oxygen atoms in total. The molecule has 1 aromatic heterocycles. The van der Waals surface area contributed by atoms with Crippen LogP contribution in [0.25, 0.3) is 0 Å². The Morgan fingerprint density at radius 1 is 1.50 bits per heavy atom. The number of carbonyl (C=O) groups excluding carboxylic acids is 2. The molecule has 0 aromatic carbocycles. The molecule has 7 heteroatoms. The van der Waals surface area contributed by atoms with Crippen LogP contribution in [0.1, 0.15) is 19.3 Å². The minimum absolute atomic E-state index is 0.0455. The summed E-state index contributed by atoms with van der Waals surface area (Å²) in [4.78, 5) is 23.5. The van der Waals surface area contributed by atoms with Gasteiger partial charge in [0, 0.05) is 25.3 Å². The fourth-order valence-corrected chi connectivity index (χ4v) is 3.09. The molecule has 2 fully saturated rings. The first kappa shape index (κ1) is 13.1. The number of anilines is 1. The van der Waals surface area contributed by atoms with Crippen molar-refractivity contribution in [1.29, 1.82) is 0 Å². The Balaban J connectivity index is 1.58. The Kier molecular flexibility index (Phi) is 3.43. The topological polar surface area (TPSA) is 88.0 Å². The van der Waals surface area contributed by atoms with Crippen molar-refractivity contribution in [2.75, 3.05) is 12.4 Å². The molecular weight excluding hydrogens is 258 g/mol. The van der Waals surface area contributed by atoms with Gasteiger partial charge in [-0.3, -0.25) is 14.3 Å². The van der Waals surface area contributed by atoms with Crippen LogP contribution < -0.4 is 16.0 Å². The van der Waals surface area contributed by atoms with Gasteiger partial charge in [-0.1, -0.05) is 0 Å². The monoisotopic (exact) mass is 277 g/mol. The van der Waals surface area contributed by atoms with Gasteiger partial charge >= 0.3 is 0 Å². The van der Waals surface area contributed by atoms with Crippen LogP contribution in [0, 0.1) is 5.92 Å². The maximum atomic E-state index is 12.2. The van der Waals surface area contributed by atoms with Crippen molar-refractivity contribution in [2.24, 2.45) is 5.92 Å². The fourth-order valence-electron chi connectivity index (χ4n) is 3.09. The van der Waals surface area contributed by atoms with Gasteiger partial charge in [0.15, 0.2) is 0 Å². The summed E-state index contributed by atoms with van der Waals surface area (Å²) < 4.78 is 1.51. The highest BCUT2D eigenvalue weighted by Gasteiger charge is 2.42. The lowest BCUT2D eigenvalue weighted by molar-refractivity contribution is -0.121. The Labute approximate surface area is 117 Å². The van der Waals surface area contributed by atoms with E-state index in [-0.39, 0.29) is 24.3 Å². The predicted molar refractivity (Wildman–Crippen MR) is 73.0 cm³/mol. The standard InChI is InChI=1S/C13H19N5O2/c1-14-12(19)7-18-6-9(5-15-18)17-13(20)10-4-8-2-3-11(10)16-8/h5-6,8,10-11,16H,2-4,7H2,1H3,(H,14,19)(H,17,20). The quantitative estimate of drug-likeness (QED) is 0.705. The maximum absolute atomic E-state index is 12.2. The van der Waals surface area contributed by atoms with Gasteiger partial charge in [0.05, 0.1) is 17.8 Å². The molecule has 1 aromatic rings. The lowest BCUT2D eigenvalue weighted by Crippen LogP contribution is -2.32. The van der Waals surface area contributed by atoms with Crippen molar-refractivity contribution >= 4 is 17.5 Å². The first-order valence-corrected chi connectivity index (χ1v) is 6.95. The molecular formula is C13H19N5O2. The molecule has 3 atom stereocenters. The van der Waals surface area contributed by atoms with Crippen LogP contribution in [0.15, 0.2) is 12.4 Å². The van der Waals surface area contributed by atoms with Crippen molar-refractivity contribution < 1.29 is 9.59 Å². The summed E-state index contributed by atoms with van der Waals surface area (Å²) in [5, 5.41) is 12.9. The van der Waals surface area contributed by atoms with E-state index < -0.39 is 0 Å². The Bertz CT molecular complexity index is 527. The molecule has 3 rings (SSSR count). The van der Waals surface area contributed by atoms with Crippen LogP contribution in [-0.4, -0.2) is 40.7 Å². The number of amides is 2. The summed E-state index contributed by atoms with van der Waals surface area (Å²) in [5.74, 6) is -0.0245. The summed E-state index contributed by atoms with van der Waals surface area (Å²) in [6.07, 6.45) is 6.43. The average Bonchev–Trinajstić information content (AvgIpc) is 3.14. The second-order valence-corrected chi connectivity index (χ2v) is 5.48. The zero-order valence-corrected chi connectivity index (χ0v) is 11.4. The lowest BCUT2D eigenvalue weighted by atomic mass is 9.88. The zero-order chi connectivity index (χ0) is 14.1. The molecule has 108 valence electrons. The third-order valence-electron chi connectivity index (χ3n) is 4.12. The largest absolute Gasteiger partial charge is 0.358 e. The number of carbonyl (C=O) groups is 2. The summed E-state index contributed by atoms with van der Waals surface area (Å²) in [5.41, 5.74) is 0.640. The lowest BCUT2D eigenvalue weighted by Gasteiger charge is -2.18. The molecule has 3 unspecified atom stereocenters. The van der Waals surface area contributed by atoms with Crippen molar-refractivity contribution in [3.63, 3.8) is 0 Å². The second kappa shape index (κ2) is 5.24. The van der Waals surface area contributed by atoms with Gasteiger partial charge in [0.25, 0.3) is 0 Å². The molecule has 0 spiro atoms. The first-order chi connectivity index (χ1) is 9.65. The third-order valence-corrected chi connectivity index (χ3v) is 4.12. The molecule has 2 bridgehead atoms. The highest BCUT2D eigenvalue weighted by molar-refractivity contribution is 5.93. The normalized spacial score (nSPS) is 27.6. The van der Waals surface area contributed by atoms with Crippen molar-refractivity contribution in [2.45, 2.75) is 37.9 Å². The molecule has 2 aliphatic rings. The highest BCUT2D eigenvalue weighted by atomic mass is 16.2. The molecule has 3 N–H and O–H groups in total. The molecule has 2 aliphatic heterocycles. The zero-order valence-electron chi connectivity index (χ0n) is 11.4.